The summed E-state index contributed by atoms with van der Waals surface area (Å²) in [4.78, 5) is 55.2. The molecule has 1 fully saturated rings. The number of carbonyl (C=O) groups is 4. The zero-order valence-corrected chi connectivity index (χ0v) is 24.1. The minimum Gasteiger partial charge on any atom is -0.452 e. The lowest BCUT2D eigenvalue weighted by atomic mass is 9.55. The van der Waals surface area contributed by atoms with Crippen LogP contribution in [0.3, 0.4) is 0 Å². The van der Waals surface area contributed by atoms with E-state index in [1.54, 1.807) is 30.3 Å². The topological polar surface area (TPSA) is 92.8 Å². The number of para-hydroxylation sites is 1. The third-order valence-electron chi connectivity index (χ3n) is 8.59. The van der Waals surface area contributed by atoms with E-state index >= 15 is 0 Å². The first-order valence-electron chi connectivity index (χ1n) is 13.7. The largest absolute Gasteiger partial charge is 0.452 e. The molecule has 0 unspecified atom stereocenters. The Morgan fingerprint density at radius 3 is 1.86 bits per heavy atom. The van der Waals surface area contributed by atoms with Gasteiger partial charge in [-0.05, 0) is 65.1 Å². The predicted molar refractivity (Wildman–Crippen MR) is 160 cm³/mol. The van der Waals surface area contributed by atoms with Gasteiger partial charge in [-0.3, -0.25) is 14.4 Å². The van der Waals surface area contributed by atoms with E-state index in [0.717, 1.165) is 37.2 Å². The van der Waals surface area contributed by atoms with Gasteiger partial charge in [0, 0.05) is 22.0 Å². The first-order valence-corrected chi connectivity index (χ1v) is 14.5. The number of carbonyl (C=O) groups excluding carboxylic acids is 4. The Kier molecular flexibility index (Phi) is 6.31. The number of hydrogen-bond acceptors (Lipinski definition) is 5. The van der Waals surface area contributed by atoms with E-state index in [0.29, 0.717) is 5.69 Å². The van der Waals surface area contributed by atoms with Crippen LogP contribution in [-0.4, -0.2) is 30.3 Å². The molecule has 0 radical (unpaired) electrons. The number of nitrogens with zero attached hydrogens (tertiary/aromatic N) is 1. The average Bonchev–Trinajstić information content (AvgIpc) is 3.27. The molecule has 7 nitrogen and oxygen atoms in total. The number of hydrogen-bond donors (Lipinski definition) is 1. The number of benzene rings is 4. The highest BCUT2D eigenvalue weighted by atomic mass is 79.9. The van der Waals surface area contributed by atoms with Crippen LogP contribution in [0.1, 0.15) is 50.0 Å². The summed E-state index contributed by atoms with van der Waals surface area (Å²) in [5, 5.41) is 2.71. The lowest BCUT2D eigenvalue weighted by Crippen LogP contribution is -2.41. The van der Waals surface area contributed by atoms with Crippen LogP contribution >= 0.6 is 15.9 Å². The molecule has 0 spiro atoms. The zero-order valence-electron chi connectivity index (χ0n) is 22.5. The molecule has 1 saturated heterocycles. The van der Waals surface area contributed by atoms with E-state index in [9.17, 15) is 19.2 Å². The highest BCUT2D eigenvalue weighted by molar-refractivity contribution is 9.10. The maximum absolute atomic E-state index is 14.1. The van der Waals surface area contributed by atoms with Gasteiger partial charge in [0.1, 0.15) is 0 Å². The summed E-state index contributed by atoms with van der Waals surface area (Å²) in [5.74, 6) is -3.60. The first-order chi connectivity index (χ1) is 20.3. The van der Waals surface area contributed by atoms with E-state index in [4.69, 9.17) is 4.74 Å². The molecule has 2 atom stereocenters. The maximum atomic E-state index is 14.1. The molecule has 0 aromatic heterocycles. The van der Waals surface area contributed by atoms with Crippen LogP contribution in [0.15, 0.2) is 95.5 Å². The van der Waals surface area contributed by atoms with Crippen molar-refractivity contribution in [1.29, 1.82) is 0 Å². The second-order valence-corrected chi connectivity index (χ2v) is 11.7. The Hall–Kier alpha value is -4.56. The number of rotatable bonds is 5. The molecule has 4 aromatic carbocycles. The molecule has 4 aliphatic rings. The Morgan fingerprint density at radius 2 is 1.31 bits per heavy atom. The number of ether oxygens (including phenoxy) is 1. The fourth-order valence-electron chi connectivity index (χ4n) is 6.88. The minimum absolute atomic E-state index is 0.0486. The summed E-state index contributed by atoms with van der Waals surface area (Å²) in [7, 11) is 0. The highest BCUT2D eigenvalue weighted by Gasteiger charge is 2.62. The van der Waals surface area contributed by atoms with Crippen molar-refractivity contribution in [2.75, 3.05) is 16.8 Å². The van der Waals surface area contributed by atoms with Crippen LogP contribution in [0.4, 0.5) is 11.4 Å². The van der Waals surface area contributed by atoms with Crippen molar-refractivity contribution in [3.8, 4) is 0 Å². The van der Waals surface area contributed by atoms with Crippen molar-refractivity contribution in [1.82, 2.24) is 0 Å². The number of esters is 1. The molecule has 3 aliphatic carbocycles. The Balaban J connectivity index is 1.17. The van der Waals surface area contributed by atoms with Crippen LogP contribution in [0.2, 0.25) is 0 Å². The van der Waals surface area contributed by atoms with Gasteiger partial charge < -0.3 is 10.1 Å². The summed E-state index contributed by atoms with van der Waals surface area (Å²) in [6.45, 7) is 1.38. The number of nitrogens with one attached hydrogen (secondary N) is 1. The fraction of sp³-hybridized carbons (Fsp3) is 0.176. The summed E-state index contributed by atoms with van der Waals surface area (Å²) < 4.78 is 6.26. The van der Waals surface area contributed by atoms with Gasteiger partial charge in [-0.2, -0.15) is 0 Å². The van der Waals surface area contributed by atoms with E-state index < -0.39 is 30.3 Å². The molecule has 2 bridgehead atoms. The molecule has 3 amide bonds. The second kappa shape index (κ2) is 10.1. The van der Waals surface area contributed by atoms with Crippen molar-refractivity contribution in [2.45, 2.75) is 18.8 Å². The lowest BCUT2D eigenvalue weighted by molar-refractivity contribution is -0.122. The second-order valence-electron chi connectivity index (χ2n) is 10.9. The van der Waals surface area contributed by atoms with Gasteiger partial charge in [0.25, 0.3) is 5.91 Å². The number of aryl methyl sites for hydroxylation is 1. The third kappa shape index (κ3) is 4.01. The summed E-state index contributed by atoms with van der Waals surface area (Å²) in [6.07, 6.45) is 0. The summed E-state index contributed by atoms with van der Waals surface area (Å²) >= 11 is 3.43. The van der Waals surface area contributed by atoms with E-state index in [1.165, 1.54) is 6.07 Å². The monoisotopic (exact) mass is 620 g/mol. The van der Waals surface area contributed by atoms with Crippen molar-refractivity contribution in [3.05, 3.63) is 129 Å². The van der Waals surface area contributed by atoms with Crippen molar-refractivity contribution < 1.29 is 23.9 Å². The van der Waals surface area contributed by atoms with Crippen molar-refractivity contribution in [3.63, 3.8) is 0 Å². The van der Waals surface area contributed by atoms with E-state index in [-0.39, 0.29) is 34.9 Å². The molecule has 208 valence electrons. The summed E-state index contributed by atoms with van der Waals surface area (Å²) in [6, 6.07) is 27.8. The lowest BCUT2D eigenvalue weighted by Gasteiger charge is -2.45. The zero-order chi connectivity index (χ0) is 29.1. The number of halogens is 1. The van der Waals surface area contributed by atoms with Gasteiger partial charge in [-0.15, -0.1) is 0 Å². The standard InChI is InChI=1S/C34H25BrN2O5/c1-18-16-19(14-15-25(18)35)36-27(38)17-42-34(41)24-12-6-7-13-26(24)37-32(39)30-28-20-8-2-3-9-21(20)29(31(30)33(37)40)23-11-5-4-10-22(23)28/h2-16,28-31H,17H2,1H3,(H,36,38)/t28?,29?,30-,31+. The van der Waals surface area contributed by atoms with Crippen LogP contribution in [0.25, 0.3) is 0 Å². The molecular formula is C34H25BrN2O5. The molecule has 8 heteroatoms. The molecule has 1 aliphatic heterocycles. The van der Waals surface area contributed by atoms with Crippen LogP contribution < -0.4 is 10.2 Å². The normalized spacial score (nSPS) is 21.4. The number of amides is 3. The van der Waals surface area contributed by atoms with E-state index in [1.807, 2.05) is 61.5 Å². The number of imide groups is 1. The highest BCUT2D eigenvalue weighted by Crippen LogP contribution is 2.61. The van der Waals surface area contributed by atoms with Gasteiger partial charge in [0.15, 0.2) is 6.61 Å². The van der Waals surface area contributed by atoms with Gasteiger partial charge in [0.2, 0.25) is 11.8 Å². The fourth-order valence-corrected chi connectivity index (χ4v) is 7.13. The minimum atomic E-state index is -0.794. The molecule has 4 aromatic rings. The Morgan fingerprint density at radius 1 is 0.786 bits per heavy atom. The van der Waals surface area contributed by atoms with Crippen LogP contribution in [0, 0.1) is 18.8 Å². The number of anilines is 2. The predicted octanol–water partition coefficient (Wildman–Crippen LogP) is 5.95. The molecule has 42 heavy (non-hydrogen) atoms. The third-order valence-corrected chi connectivity index (χ3v) is 9.48. The molecule has 1 N–H and O–H groups in total. The van der Waals surface area contributed by atoms with Crippen LogP contribution in [0.5, 0.6) is 0 Å². The quantitative estimate of drug-likeness (QED) is 0.220. The van der Waals surface area contributed by atoms with Crippen molar-refractivity contribution in [2.24, 2.45) is 11.8 Å². The smallest absolute Gasteiger partial charge is 0.340 e. The molecule has 1 heterocycles. The maximum Gasteiger partial charge on any atom is 0.340 e. The molecular weight excluding hydrogens is 596 g/mol. The SMILES string of the molecule is Cc1cc(NC(=O)COC(=O)c2ccccc2N2C(=O)[C@@H]3C4c5ccccc5C(c5ccccc54)[C@@H]3C2=O)ccc1Br. The van der Waals surface area contributed by atoms with Gasteiger partial charge in [-0.25, -0.2) is 9.69 Å². The van der Waals surface area contributed by atoms with Gasteiger partial charge in [-0.1, -0.05) is 76.6 Å². The summed E-state index contributed by atoms with van der Waals surface area (Å²) in [5.41, 5.74) is 6.03. The molecule has 8 rings (SSSR count). The Labute approximate surface area is 250 Å². The first kappa shape index (κ1) is 26.3. The Bertz CT molecular complexity index is 1700. The van der Waals surface area contributed by atoms with Crippen molar-refractivity contribution >= 4 is 51.0 Å². The van der Waals surface area contributed by atoms with Gasteiger partial charge >= 0.3 is 5.97 Å². The van der Waals surface area contributed by atoms with Crippen LogP contribution in [-0.2, 0) is 19.1 Å². The van der Waals surface area contributed by atoms with Gasteiger partial charge in [0.05, 0.1) is 23.1 Å². The molecule has 0 saturated carbocycles. The average molecular weight is 621 g/mol. The van der Waals surface area contributed by atoms with E-state index in [2.05, 4.69) is 21.2 Å².